The second kappa shape index (κ2) is 3.44. The van der Waals surface area contributed by atoms with Crippen LogP contribution in [-0.2, 0) is 0 Å². The van der Waals surface area contributed by atoms with Gasteiger partial charge in [-0.3, -0.25) is 4.79 Å². The molecule has 0 radical (unpaired) electrons. The molecule has 0 amide bonds. The Morgan fingerprint density at radius 1 is 1.43 bits per heavy atom. The molecule has 1 atom stereocenters. The van der Waals surface area contributed by atoms with Crippen molar-refractivity contribution < 1.29 is 9.53 Å². The highest BCUT2D eigenvalue weighted by Crippen LogP contribution is 2.37. The lowest BCUT2D eigenvalue weighted by Crippen LogP contribution is -2.18. The summed E-state index contributed by atoms with van der Waals surface area (Å²) in [5.41, 5.74) is 0.461. The van der Waals surface area contributed by atoms with Crippen LogP contribution in [0.1, 0.15) is 23.7 Å². The van der Waals surface area contributed by atoms with Gasteiger partial charge in [0.15, 0.2) is 6.10 Å². The van der Waals surface area contributed by atoms with Gasteiger partial charge in [0.05, 0.1) is 10.6 Å². The van der Waals surface area contributed by atoms with Gasteiger partial charge in [-0.2, -0.15) is 0 Å². The predicted octanol–water partition coefficient (Wildman–Crippen LogP) is 3.35. The lowest BCUT2D eigenvalue weighted by atomic mass is 10.1. The van der Waals surface area contributed by atoms with Crippen molar-refractivity contribution in [2.24, 2.45) is 0 Å². The quantitative estimate of drug-likeness (QED) is 0.740. The Hall–Kier alpha value is -0.730. The first-order valence-electron chi connectivity index (χ1n) is 4.33. The molecular weight excluding hydrogens is 223 g/mol. The van der Waals surface area contributed by atoms with E-state index >= 15 is 0 Å². The number of fused-ring (bicyclic) bond motifs is 1. The van der Waals surface area contributed by atoms with E-state index in [-0.39, 0.29) is 5.78 Å². The second-order valence-corrected chi connectivity index (χ2v) is 3.98. The number of carbonyl (C=O) groups excluding carboxylic acids is 1. The van der Waals surface area contributed by atoms with Gasteiger partial charge in [0.2, 0.25) is 5.78 Å². The van der Waals surface area contributed by atoms with Crippen LogP contribution in [0.25, 0.3) is 0 Å². The Balaban J connectivity index is 2.54. The molecule has 0 saturated carbocycles. The lowest BCUT2D eigenvalue weighted by molar-refractivity contribution is 0.0853. The molecule has 2 rings (SSSR count). The van der Waals surface area contributed by atoms with Crippen LogP contribution >= 0.6 is 23.2 Å². The van der Waals surface area contributed by atoms with Gasteiger partial charge in [-0.1, -0.05) is 30.1 Å². The van der Waals surface area contributed by atoms with Crippen LogP contribution in [0.3, 0.4) is 0 Å². The van der Waals surface area contributed by atoms with Crippen LogP contribution in [0, 0.1) is 0 Å². The standard InChI is InChI=1S/C10H8Cl2O2/c1-2-7-10(13)9-6(12)3-5(11)4-8(9)14-7/h3-4,7H,2H2,1H3. The number of hydrogen-bond donors (Lipinski definition) is 0. The van der Waals surface area contributed by atoms with E-state index in [4.69, 9.17) is 27.9 Å². The minimum Gasteiger partial charge on any atom is -0.481 e. The Morgan fingerprint density at radius 2 is 2.14 bits per heavy atom. The smallest absolute Gasteiger partial charge is 0.208 e. The van der Waals surface area contributed by atoms with E-state index in [0.717, 1.165) is 0 Å². The highest BCUT2D eigenvalue weighted by Gasteiger charge is 2.33. The number of ketones is 1. The highest BCUT2D eigenvalue weighted by atomic mass is 35.5. The Morgan fingerprint density at radius 3 is 2.79 bits per heavy atom. The molecular formula is C10H8Cl2O2. The van der Waals surface area contributed by atoms with E-state index in [1.165, 1.54) is 0 Å². The zero-order chi connectivity index (χ0) is 10.3. The van der Waals surface area contributed by atoms with E-state index in [2.05, 4.69) is 0 Å². The third-order valence-electron chi connectivity index (χ3n) is 2.20. The van der Waals surface area contributed by atoms with Gasteiger partial charge in [-0.15, -0.1) is 0 Å². The zero-order valence-electron chi connectivity index (χ0n) is 7.51. The van der Waals surface area contributed by atoms with Crippen LogP contribution in [-0.4, -0.2) is 11.9 Å². The molecule has 1 aromatic carbocycles. The maximum atomic E-state index is 11.7. The molecule has 0 N–H and O–H groups in total. The lowest BCUT2D eigenvalue weighted by Gasteiger charge is -2.04. The summed E-state index contributed by atoms with van der Waals surface area (Å²) >= 11 is 11.7. The van der Waals surface area contributed by atoms with Gasteiger partial charge in [-0.05, 0) is 18.6 Å². The Kier molecular flexibility index (Phi) is 2.41. The molecule has 1 heterocycles. The van der Waals surface area contributed by atoms with Crippen molar-refractivity contribution in [1.29, 1.82) is 0 Å². The van der Waals surface area contributed by atoms with Crippen LogP contribution in [0.4, 0.5) is 0 Å². The van der Waals surface area contributed by atoms with Gasteiger partial charge >= 0.3 is 0 Å². The second-order valence-electron chi connectivity index (χ2n) is 3.14. The maximum absolute atomic E-state index is 11.7. The minimum atomic E-state index is -0.402. The maximum Gasteiger partial charge on any atom is 0.208 e. The first-order valence-corrected chi connectivity index (χ1v) is 5.09. The number of ether oxygens (including phenoxy) is 1. The Bertz CT molecular complexity index is 401. The van der Waals surface area contributed by atoms with Crippen molar-refractivity contribution in [3.63, 3.8) is 0 Å². The topological polar surface area (TPSA) is 26.3 Å². The Labute approximate surface area is 91.8 Å². The van der Waals surface area contributed by atoms with Crippen LogP contribution in [0.5, 0.6) is 5.75 Å². The molecule has 0 spiro atoms. The number of rotatable bonds is 1. The van der Waals surface area contributed by atoms with Gasteiger partial charge in [0.1, 0.15) is 5.75 Å². The SMILES string of the molecule is CCC1Oc2cc(Cl)cc(Cl)c2C1=O. The summed E-state index contributed by atoms with van der Waals surface area (Å²) in [6, 6.07) is 3.18. The third-order valence-corrected chi connectivity index (χ3v) is 2.71. The summed E-state index contributed by atoms with van der Waals surface area (Å²) in [4.78, 5) is 11.7. The zero-order valence-corrected chi connectivity index (χ0v) is 9.02. The molecule has 2 nitrogen and oxygen atoms in total. The molecule has 14 heavy (non-hydrogen) atoms. The van der Waals surface area contributed by atoms with E-state index in [1.54, 1.807) is 12.1 Å². The molecule has 0 saturated heterocycles. The summed E-state index contributed by atoms with van der Waals surface area (Å²) in [6.07, 6.45) is 0.238. The molecule has 0 fully saturated rings. The number of benzene rings is 1. The van der Waals surface area contributed by atoms with Crippen LogP contribution in [0.15, 0.2) is 12.1 Å². The summed E-state index contributed by atoms with van der Waals surface area (Å²) in [6.45, 7) is 1.89. The summed E-state index contributed by atoms with van der Waals surface area (Å²) in [7, 11) is 0. The summed E-state index contributed by atoms with van der Waals surface area (Å²) in [5, 5.41) is 0.853. The van der Waals surface area contributed by atoms with E-state index in [9.17, 15) is 4.79 Å². The van der Waals surface area contributed by atoms with Crippen molar-refractivity contribution >= 4 is 29.0 Å². The van der Waals surface area contributed by atoms with Gasteiger partial charge < -0.3 is 4.74 Å². The van der Waals surface area contributed by atoms with E-state index < -0.39 is 6.10 Å². The third kappa shape index (κ3) is 1.39. The average Bonchev–Trinajstić information content (AvgIpc) is 2.42. The van der Waals surface area contributed by atoms with Crippen molar-refractivity contribution in [3.05, 3.63) is 27.7 Å². The van der Waals surface area contributed by atoms with Crippen molar-refractivity contribution in [1.82, 2.24) is 0 Å². The largest absolute Gasteiger partial charge is 0.481 e. The van der Waals surface area contributed by atoms with Crippen molar-refractivity contribution in [3.8, 4) is 5.75 Å². The monoisotopic (exact) mass is 230 g/mol. The van der Waals surface area contributed by atoms with Crippen molar-refractivity contribution in [2.75, 3.05) is 0 Å². The van der Waals surface area contributed by atoms with Crippen LogP contribution in [0.2, 0.25) is 10.0 Å². The molecule has 4 heteroatoms. The molecule has 0 aromatic heterocycles. The van der Waals surface area contributed by atoms with Gasteiger partial charge in [-0.25, -0.2) is 0 Å². The molecule has 1 aromatic rings. The van der Waals surface area contributed by atoms with Crippen molar-refractivity contribution in [2.45, 2.75) is 19.4 Å². The molecule has 0 bridgehead atoms. The number of halogens is 2. The summed E-state index contributed by atoms with van der Waals surface area (Å²) < 4.78 is 5.41. The summed E-state index contributed by atoms with van der Waals surface area (Å²) in [5.74, 6) is 0.448. The number of hydrogen-bond acceptors (Lipinski definition) is 2. The van der Waals surface area contributed by atoms with Crippen LogP contribution < -0.4 is 4.74 Å². The van der Waals surface area contributed by atoms with E-state index in [1.807, 2.05) is 6.92 Å². The molecule has 1 unspecified atom stereocenters. The fourth-order valence-corrected chi connectivity index (χ4v) is 2.09. The first-order chi connectivity index (χ1) is 6.63. The highest BCUT2D eigenvalue weighted by molar-refractivity contribution is 6.37. The predicted molar refractivity (Wildman–Crippen MR) is 55.5 cm³/mol. The fourth-order valence-electron chi connectivity index (χ4n) is 1.52. The average molecular weight is 231 g/mol. The molecule has 1 aliphatic rings. The van der Waals surface area contributed by atoms with E-state index in [0.29, 0.717) is 27.8 Å². The van der Waals surface area contributed by atoms with Gasteiger partial charge in [0, 0.05) is 5.02 Å². The fraction of sp³-hybridized carbons (Fsp3) is 0.300. The first kappa shape index (κ1) is 9.81. The number of Topliss-reactive ketones (excluding diaryl/α,β-unsaturated/α-hetero) is 1. The molecule has 0 aliphatic carbocycles. The number of carbonyl (C=O) groups is 1. The minimum absolute atomic E-state index is 0.0517. The molecule has 1 aliphatic heterocycles. The normalized spacial score (nSPS) is 19.4. The van der Waals surface area contributed by atoms with Gasteiger partial charge in [0.25, 0.3) is 0 Å². The molecule has 74 valence electrons.